The lowest BCUT2D eigenvalue weighted by Gasteiger charge is -2.12. The van der Waals surface area contributed by atoms with Gasteiger partial charge in [0.2, 0.25) is 5.88 Å². The van der Waals surface area contributed by atoms with Crippen LogP contribution in [0.25, 0.3) is 11.0 Å². The number of fused-ring (bicyclic) bond motifs is 1. The molecule has 0 aliphatic carbocycles. The summed E-state index contributed by atoms with van der Waals surface area (Å²) in [5.74, 6) is -0.127. The first-order valence-corrected chi connectivity index (χ1v) is 7.43. The molecule has 3 rings (SSSR count). The summed E-state index contributed by atoms with van der Waals surface area (Å²) in [6, 6.07) is 7.85. The van der Waals surface area contributed by atoms with Gasteiger partial charge in [0.1, 0.15) is 6.61 Å². The van der Waals surface area contributed by atoms with Crippen molar-refractivity contribution in [1.29, 1.82) is 0 Å². The number of hydrogen-bond donors (Lipinski definition) is 0. The van der Waals surface area contributed by atoms with Gasteiger partial charge in [-0.05, 0) is 13.0 Å². The van der Waals surface area contributed by atoms with Crippen LogP contribution in [0.5, 0.6) is 5.88 Å². The summed E-state index contributed by atoms with van der Waals surface area (Å²) in [6.45, 7) is 1.54. The highest BCUT2D eigenvalue weighted by molar-refractivity contribution is 6.31. The van der Waals surface area contributed by atoms with Crippen molar-refractivity contribution in [1.82, 2.24) is 14.8 Å². The van der Waals surface area contributed by atoms with Crippen molar-refractivity contribution in [2.24, 2.45) is 7.05 Å². The minimum absolute atomic E-state index is 0.0184. The lowest BCUT2D eigenvalue weighted by atomic mass is 10.1. The van der Waals surface area contributed by atoms with Crippen LogP contribution in [0.4, 0.5) is 13.2 Å². The van der Waals surface area contributed by atoms with Gasteiger partial charge in [0.25, 0.3) is 0 Å². The van der Waals surface area contributed by atoms with Crippen LogP contribution in [-0.2, 0) is 19.8 Å². The second-order valence-corrected chi connectivity index (χ2v) is 5.70. The second-order valence-electron chi connectivity index (χ2n) is 5.29. The lowest BCUT2D eigenvalue weighted by molar-refractivity contribution is -0.136. The van der Waals surface area contributed by atoms with Crippen LogP contribution in [0, 0.1) is 6.92 Å². The monoisotopic (exact) mass is 355 g/mol. The molecule has 2 heterocycles. The molecule has 0 spiro atoms. The van der Waals surface area contributed by atoms with Gasteiger partial charge in [0.15, 0.2) is 5.65 Å². The van der Waals surface area contributed by atoms with Crippen LogP contribution in [0.15, 0.2) is 30.3 Å². The average Bonchev–Trinajstić information content (AvgIpc) is 2.79. The summed E-state index contributed by atoms with van der Waals surface area (Å²) >= 11 is 6.02. The molecule has 0 aliphatic rings. The Labute approximate surface area is 140 Å². The van der Waals surface area contributed by atoms with E-state index in [1.165, 1.54) is 11.6 Å². The minimum atomic E-state index is -4.53. The van der Waals surface area contributed by atoms with Gasteiger partial charge in [-0.15, -0.1) is 0 Å². The molecular weight excluding hydrogens is 343 g/mol. The number of alkyl halides is 3. The van der Waals surface area contributed by atoms with Gasteiger partial charge >= 0.3 is 6.18 Å². The highest BCUT2D eigenvalue weighted by Gasteiger charge is 2.35. The molecule has 0 radical (unpaired) electrons. The van der Waals surface area contributed by atoms with Crippen LogP contribution in [0.1, 0.15) is 16.8 Å². The number of aromatic nitrogens is 3. The number of rotatable bonds is 3. The summed E-state index contributed by atoms with van der Waals surface area (Å²) in [7, 11) is 1.54. The van der Waals surface area contributed by atoms with Crippen LogP contribution in [0.2, 0.25) is 5.02 Å². The highest BCUT2D eigenvalue weighted by Crippen LogP contribution is 2.37. The first-order chi connectivity index (χ1) is 11.3. The Balaban J connectivity index is 2.03. The summed E-state index contributed by atoms with van der Waals surface area (Å²) in [5, 5.41) is 4.47. The standard InChI is InChI=1S/C16H13ClF3N3O/c1-9-14-11(16(18,19)20)7-13(21-15(14)23(2)22-9)24-8-10-5-3-4-6-12(10)17/h3-7H,8H2,1-2H3. The van der Waals surface area contributed by atoms with Crippen LogP contribution >= 0.6 is 11.6 Å². The molecule has 8 heteroatoms. The van der Waals surface area contributed by atoms with E-state index in [9.17, 15) is 13.2 Å². The van der Waals surface area contributed by atoms with Crippen molar-refractivity contribution in [2.45, 2.75) is 19.7 Å². The van der Waals surface area contributed by atoms with E-state index in [1.807, 2.05) is 0 Å². The number of halogens is 4. The van der Waals surface area contributed by atoms with Crippen LogP contribution < -0.4 is 4.74 Å². The van der Waals surface area contributed by atoms with E-state index in [2.05, 4.69) is 10.1 Å². The van der Waals surface area contributed by atoms with Crippen molar-refractivity contribution in [2.75, 3.05) is 0 Å². The molecule has 0 fully saturated rings. The third-order valence-electron chi connectivity index (χ3n) is 3.58. The van der Waals surface area contributed by atoms with Gasteiger partial charge < -0.3 is 4.74 Å². The first kappa shape index (κ1) is 16.6. The zero-order chi connectivity index (χ0) is 17.5. The molecule has 0 bridgehead atoms. The van der Waals surface area contributed by atoms with E-state index in [4.69, 9.17) is 16.3 Å². The van der Waals surface area contributed by atoms with Crippen molar-refractivity contribution in [3.05, 3.63) is 52.2 Å². The fourth-order valence-corrected chi connectivity index (χ4v) is 2.68. The SMILES string of the molecule is Cc1nn(C)c2nc(OCc3ccccc3Cl)cc(C(F)(F)F)c12. The normalized spacial score (nSPS) is 11.9. The molecule has 3 aromatic rings. The number of benzene rings is 1. The third-order valence-corrected chi connectivity index (χ3v) is 3.95. The zero-order valence-electron chi connectivity index (χ0n) is 12.9. The Bertz CT molecular complexity index is 905. The maximum absolute atomic E-state index is 13.4. The third kappa shape index (κ3) is 3.03. The number of hydrogen-bond acceptors (Lipinski definition) is 3. The maximum Gasteiger partial charge on any atom is 0.417 e. The Kier molecular flexibility index (Phi) is 4.13. The smallest absolute Gasteiger partial charge is 0.417 e. The second kappa shape index (κ2) is 5.98. The Morgan fingerprint density at radius 2 is 1.96 bits per heavy atom. The zero-order valence-corrected chi connectivity index (χ0v) is 13.6. The van der Waals surface area contributed by atoms with Gasteiger partial charge in [0, 0.05) is 23.7 Å². The summed E-state index contributed by atoms with van der Waals surface area (Å²) in [5.41, 5.74) is 0.240. The Hall–Kier alpha value is -2.28. The van der Waals surface area contributed by atoms with Gasteiger partial charge in [-0.3, -0.25) is 4.68 Å². The van der Waals surface area contributed by atoms with Crippen molar-refractivity contribution in [3.8, 4) is 5.88 Å². The number of pyridine rings is 1. The van der Waals surface area contributed by atoms with Gasteiger partial charge in [-0.1, -0.05) is 29.8 Å². The molecule has 0 unspecified atom stereocenters. The van der Waals surface area contributed by atoms with Gasteiger partial charge in [-0.2, -0.15) is 23.3 Å². The average molecular weight is 356 g/mol. The summed E-state index contributed by atoms with van der Waals surface area (Å²) < 4.78 is 46.9. The van der Waals surface area contributed by atoms with Crippen molar-refractivity contribution < 1.29 is 17.9 Å². The predicted octanol–water partition coefficient (Wildman–Crippen LogP) is 4.53. The molecule has 0 saturated carbocycles. The molecule has 0 atom stereocenters. The largest absolute Gasteiger partial charge is 0.473 e. The van der Waals surface area contributed by atoms with Crippen molar-refractivity contribution in [3.63, 3.8) is 0 Å². The molecule has 0 N–H and O–H groups in total. The predicted molar refractivity (Wildman–Crippen MR) is 84.0 cm³/mol. The fraction of sp³-hybridized carbons (Fsp3) is 0.250. The van der Waals surface area contributed by atoms with E-state index in [-0.39, 0.29) is 29.2 Å². The Morgan fingerprint density at radius 3 is 2.62 bits per heavy atom. The molecule has 0 saturated heterocycles. The molecule has 2 aromatic heterocycles. The number of nitrogens with zero attached hydrogens (tertiary/aromatic N) is 3. The topological polar surface area (TPSA) is 39.9 Å². The van der Waals surface area contributed by atoms with Crippen LogP contribution in [0.3, 0.4) is 0 Å². The fourth-order valence-electron chi connectivity index (χ4n) is 2.49. The first-order valence-electron chi connectivity index (χ1n) is 7.05. The van der Waals surface area contributed by atoms with E-state index >= 15 is 0 Å². The molecule has 0 aliphatic heterocycles. The number of aryl methyl sites for hydroxylation is 2. The lowest BCUT2D eigenvalue weighted by Crippen LogP contribution is -2.08. The van der Waals surface area contributed by atoms with E-state index in [0.717, 1.165) is 6.07 Å². The quantitative estimate of drug-likeness (QED) is 0.693. The van der Waals surface area contributed by atoms with Gasteiger partial charge in [0.05, 0.1) is 16.6 Å². The minimum Gasteiger partial charge on any atom is -0.473 e. The van der Waals surface area contributed by atoms with Gasteiger partial charge in [-0.25, -0.2) is 0 Å². The molecule has 4 nitrogen and oxygen atoms in total. The number of ether oxygens (including phenoxy) is 1. The van der Waals surface area contributed by atoms with E-state index < -0.39 is 11.7 Å². The molecule has 0 amide bonds. The molecule has 1 aromatic carbocycles. The summed E-state index contributed by atoms with van der Waals surface area (Å²) in [6.07, 6.45) is -4.53. The Morgan fingerprint density at radius 1 is 1.25 bits per heavy atom. The molecule has 24 heavy (non-hydrogen) atoms. The molecule has 126 valence electrons. The summed E-state index contributed by atoms with van der Waals surface area (Å²) in [4.78, 5) is 4.15. The maximum atomic E-state index is 13.4. The van der Waals surface area contributed by atoms with Crippen molar-refractivity contribution >= 4 is 22.6 Å². The highest BCUT2D eigenvalue weighted by atomic mass is 35.5. The molecular formula is C16H13ClF3N3O. The van der Waals surface area contributed by atoms with E-state index in [1.54, 1.807) is 31.3 Å². The van der Waals surface area contributed by atoms with E-state index in [0.29, 0.717) is 10.6 Å². The van der Waals surface area contributed by atoms with Crippen LogP contribution in [-0.4, -0.2) is 14.8 Å².